The first-order chi connectivity index (χ1) is 9.16. The molecule has 0 fully saturated rings. The van der Waals surface area contributed by atoms with Crippen LogP contribution in [-0.2, 0) is 4.74 Å². The summed E-state index contributed by atoms with van der Waals surface area (Å²) in [6.45, 7) is 4.09. The van der Waals surface area contributed by atoms with Gasteiger partial charge in [0.05, 0.1) is 0 Å². The molecule has 0 radical (unpaired) electrons. The summed E-state index contributed by atoms with van der Waals surface area (Å²) in [6, 6.07) is 5.71. The second-order valence-electron chi connectivity index (χ2n) is 4.77. The standard InChI is InChI=1S/C16H14O3/c1-10(2)11-7-5-9-14-15(11)12-6-3-4-8-13(12)18-16(17)19-14/h3-9,13H,1-2H3. The largest absolute Gasteiger partial charge is 0.514 e. The number of benzene rings is 1. The molecule has 0 spiro atoms. The molecule has 1 aliphatic heterocycles. The summed E-state index contributed by atoms with van der Waals surface area (Å²) in [7, 11) is 0. The Hall–Kier alpha value is -2.29. The minimum Gasteiger partial charge on any atom is -0.421 e. The number of fused-ring (bicyclic) bond motifs is 2. The Morgan fingerprint density at radius 2 is 2.05 bits per heavy atom. The Morgan fingerprint density at radius 3 is 2.84 bits per heavy atom. The van der Waals surface area contributed by atoms with Gasteiger partial charge in [-0.3, -0.25) is 0 Å². The lowest BCUT2D eigenvalue weighted by molar-refractivity contribution is 0.0956. The maximum Gasteiger partial charge on any atom is 0.514 e. The normalized spacial score (nSPS) is 20.0. The van der Waals surface area contributed by atoms with Crippen molar-refractivity contribution in [1.82, 2.24) is 0 Å². The zero-order chi connectivity index (χ0) is 13.4. The van der Waals surface area contributed by atoms with E-state index in [-0.39, 0.29) is 6.10 Å². The summed E-state index contributed by atoms with van der Waals surface area (Å²) >= 11 is 0. The van der Waals surface area contributed by atoms with Crippen LogP contribution in [0, 0.1) is 0 Å². The fourth-order valence-corrected chi connectivity index (χ4v) is 2.40. The van der Waals surface area contributed by atoms with Crippen molar-refractivity contribution in [2.24, 2.45) is 0 Å². The van der Waals surface area contributed by atoms with Crippen LogP contribution in [0.2, 0.25) is 0 Å². The molecule has 2 aliphatic rings. The predicted octanol–water partition coefficient (Wildman–Crippen LogP) is 2.05. The van der Waals surface area contributed by atoms with Gasteiger partial charge >= 0.3 is 6.16 Å². The number of carbonyl (C=O) groups is 1. The van der Waals surface area contributed by atoms with Crippen molar-refractivity contribution in [1.29, 1.82) is 0 Å². The Bertz CT molecular complexity index is 719. The molecule has 1 atom stereocenters. The minimum absolute atomic E-state index is 0.376. The molecular weight excluding hydrogens is 240 g/mol. The summed E-state index contributed by atoms with van der Waals surface area (Å²) in [5.74, 6) is 0.557. The zero-order valence-corrected chi connectivity index (χ0v) is 10.8. The van der Waals surface area contributed by atoms with E-state index in [1.54, 1.807) is 6.07 Å². The molecule has 1 aliphatic carbocycles. The number of rotatable bonds is 0. The number of hydrogen-bond acceptors (Lipinski definition) is 3. The van der Waals surface area contributed by atoms with Crippen molar-refractivity contribution >= 4 is 17.3 Å². The molecule has 1 aromatic rings. The van der Waals surface area contributed by atoms with Gasteiger partial charge in [-0.25, -0.2) is 4.79 Å². The number of allylic oxidation sites excluding steroid dienone is 2. The van der Waals surface area contributed by atoms with E-state index in [1.165, 1.54) is 5.57 Å². The molecule has 3 rings (SSSR count). The lowest BCUT2D eigenvalue weighted by atomic mass is 9.99. The van der Waals surface area contributed by atoms with Crippen molar-refractivity contribution in [3.63, 3.8) is 0 Å². The molecule has 0 saturated heterocycles. The second kappa shape index (κ2) is 4.43. The lowest BCUT2D eigenvalue weighted by Gasteiger charge is -2.14. The minimum atomic E-state index is -0.660. The average molecular weight is 254 g/mol. The fraction of sp³-hybridized carbons (Fsp3) is 0.188. The third-order valence-corrected chi connectivity index (χ3v) is 3.25. The van der Waals surface area contributed by atoms with Crippen molar-refractivity contribution in [3.8, 4) is 5.75 Å². The Morgan fingerprint density at radius 1 is 1.21 bits per heavy atom. The van der Waals surface area contributed by atoms with Crippen LogP contribution in [0.5, 0.6) is 5.75 Å². The first kappa shape index (κ1) is 11.8. The van der Waals surface area contributed by atoms with Gasteiger partial charge in [-0.1, -0.05) is 35.9 Å². The highest BCUT2D eigenvalue weighted by molar-refractivity contribution is 5.75. The molecule has 0 N–H and O–H groups in total. The van der Waals surface area contributed by atoms with Crippen LogP contribution in [0.25, 0.3) is 11.1 Å². The predicted molar refractivity (Wildman–Crippen MR) is 73.0 cm³/mol. The van der Waals surface area contributed by atoms with E-state index in [1.807, 2.05) is 50.3 Å². The van der Waals surface area contributed by atoms with Crippen LogP contribution in [0.3, 0.4) is 0 Å². The van der Waals surface area contributed by atoms with E-state index >= 15 is 0 Å². The molecule has 0 bridgehead atoms. The Labute approximate surface area is 111 Å². The second-order valence-corrected chi connectivity index (χ2v) is 4.77. The molecule has 1 heterocycles. The van der Waals surface area contributed by atoms with Crippen molar-refractivity contribution in [2.45, 2.75) is 20.0 Å². The van der Waals surface area contributed by atoms with Crippen LogP contribution in [0.1, 0.15) is 13.8 Å². The van der Waals surface area contributed by atoms with Gasteiger partial charge in [0.25, 0.3) is 0 Å². The topological polar surface area (TPSA) is 35.5 Å². The van der Waals surface area contributed by atoms with Crippen LogP contribution in [0.4, 0.5) is 4.79 Å². The third-order valence-electron chi connectivity index (χ3n) is 3.25. The number of carbonyl (C=O) groups excluding carboxylic acids is 1. The highest BCUT2D eigenvalue weighted by atomic mass is 16.7. The highest BCUT2D eigenvalue weighted by Crippen LogP contribution is 2.20. The van der Waals surface area contributed by atoms with Gasteiger partial charge in [-0.2, -0.15) is 0 Å². The first-order valence-corrected chi connectivity index (χ1v) is 6.21. The van der Waals surface area contributed by atoms with Gasteiger partial charge in [-0.15, -0.1) is 0 Å². The van der Waals surface area contributed by atoms with E-state index in [4.69, 9.17) is 9.47 Å². The van der Waals surface area contributed by atoms with Crippen molar-refractivity contribution in [3.05, 3.63) is 52.9 Å². The summed E-state index contributed by atoms with van der Waals surface area (Å²) < 4.78 is 10.6. The van der Waals surface area contributed by atoms with E-state index in [0.29, 0.717) is 5.75 Å². The van der Waals surface area contributed by atoms with Gasteiger partial charge in [-0.05, 0) is 31.2 Å². The van der Waals surface area contributed by atoms with Gasteiger partial charge in [0.15, 0.2) is 0 Å². The smallest absolute Gasteiger partial charge is 0.421 e. The van der Waals surface area contributed by atoms with E-state index in [9.17, 15) is 4.79 Å². The van der Waals surface area contributed by atoms with Gasteiger partial charge < -0.3 is 9.47 Å². The summed E-state index contributed by atoms with van der Waals surface area (Å²) in [5, 5.41) is 2.02. The van der Waals surface area contributed by atoms with Crippen LogP contribution in [0.15, 0.2) is 42.5 Å². The Balaban J connectivity index is 2.47. The molecule has 1 aromatic carbocycles. The molecule has 0 amide bonds. The van der Waals surface area contributed by atoms with Crippen molar-refractivity contribution in [2.75, 3.05) is 0 Å². The molecule has 96 valence electrons. The average Bonchev–Trinajstić information content (AvgIpc) is 2.53. The molecule has 3 heteroatoms. The molecule has 3 nitrogen and oxygen atoms in total. The van der Waals surface area contributed by atoms with E-state index in [2.05, 4.69) is 0 Å². The molecular formula is C16H14O3. The molecule has 19 heavy (non-hydrogen) atoms. The fourth-order valence-electron chi connectivity index (χ4n) is 2.40. The monoisotopic (exact) mass is 254 g/mol. The van der Waals surface area contributed by atoms with Crippen LogP contribution < -0.4 is 15.2 Å². The maximum atomic E-state index is 11.7. The van der Waals surface area contributed by atoms with E-state index in [0.717, 1.165) is 16.0 Å². The molecule has 1 unspecified atom stereocenters. The van der Waals surface area contributed by atoms with Gasteiger partial charge in [0.1, 0.15) is 11.9 Å². The molecule has 0 saturated carbocycles. The summed E-state index contributed by atoms with van der Waals surface area (Å²) in [5.41, 5.74) is 2.13. The maximum absolute atomic E-state index is 11.7. The zero-order valence-electron chi connectivity index (χ0n) is 10.8. The summed E-state index contributed by atoms with van der Waals surface area (Å²) in [6.07, 6.45) is 6.60. The SMILES string of the molecule is CC(C)=c1cccc2c1=C1C=CC=CC1OC(=O)O2. The molecule has 0 aromatic heterocycles. The quantitative estimate of drug-likeness (QED) is 0.525. The van der Waals surface area contributed by atoms with Crippen LogP contribution >= 0.6 is 0 Å². The first-order valence-electron chi connectivity index (χ1n) is 6.21. The van der Waals surface area contributed by atoms with Gasteiger partial charge in [0.2, 0.25) is 0 Å². The summed E-state index contributed by atoms with van der Waals surface area (Å²) in [4.78, 5) is 11.7. The lowest BCUT2D eigenvalue weighted by Crippen LogP contribution is -2.31. The Kier molecular flexibility index (Phi) is 2.75. The van der Waals surface area contributed by atoms with E-state index < -0.39 is 6.16 Å². The number of hydrogen-bond donors (Lipinski definition) is 0. The number of ether oxygens (including phenoxy) is 2. The van der Waals surface area contributed by atoms with Crippen molar-refractivity contribution < 1.29 is 14.3 Å². The van der Waals surface area contributed by atoms with Crippen LogP contribution in [-0.4, -0.2) is 12.3 Å². The highest BCUT2D eigenvalue weighted by Gasteiger charge is 2.24. The third kappa shape index (κ3) is 1.97. The van der Waals surface area contributed by atoms with Gasteiger partial charge in [0, 0.05) is 10.8 Å².